The van der Waals surface area contributed by atoms with E-state index in [1.54, 1.807) is 6.92 Å². The molecule has 1 aromatic heterocycles. The van der Waals surface area contributed by atoms with Gasteiger partial charge in [0.05, 0.1) is 16.6 Å². The Morgan fingerprint density at radius 1 is 1.17 bits per heavy atom. The first kappa shape index (κ1) is 20.8. The van der Waals surface area contributed by atoms with Crippen LogP contribution in [0.15, 0.2) is 24.3 Å². The van der Waals surface area contributed by atoms with Crippen LogP contribution in [0.2, 0.25) is 5.02 Å². The van der Waals surface area contributed by atoms with Crippen LogP contribution < -0.4 is 4.74 Å². The number of hydrogen-bond donors (Lipinski definition) is 1. The molecule has 1 N–H and O–H groups in total. The number of carbonyl (C=O) groups excluding carboxylic acids is 2. The maximum absolute atomic E-state index is 14.9. The van der Waals surface area contributed by atoms with Crippen molar-refractivity contribution in [3.8, 4) is 11.5 Å². The first-order valence-electron chi connectivity index (χ1n) is 8.91. The maximum atomic E-state index is 14.9. The van der Waals surface area contributed by atoms with Crippen molar-refractivity contribution in [3.05, 3.63) is 57.7 Å². The topological polar surface area (TPSA) is 68.5 Å². The molecule has 0 amide bonds. The lowest BCUT2D eigenvalue weighted by Crippen LogP contribution is -2.15. The van der Waals surface area contributed by atoms with Gasteiger partial charge in [0.25, 0.3) is 5.91 Å². The molecule has 0 radical (unpaired) electrons. The molecule has 0 unspecified atom stereocenters. The fourth-order valence-electron chi connectivity index (χ4n) is 3.34. The zero-order chi connectivity index (χ0) is 21.5. The van der Waals surface area contributed by atoms with Crippen LogP contribution in [0.25, 0.3) is 10.9 Å². The van der Waals surface area contributed by atoms with Crippen LogP contribution in [0.5, 0.6) is 11.5 Å². The molecule has 3 rings (SSSR count). The molecular weight excluding hydrogens is 404 g/mol. The number of halogens is 3. The van der Waals surface area contributed by atoms with Crippen LogP contribution in [-0.2, 0) is 11.2 Å². The average Bonchev–Trinajstić information content (AvgIpc) is 2.95. The summed E-state index contributed by atoms with van der Waals surface area (Å²) in [6, 6.07) is 5.99. The van der Waals surface area contributed by atoms with Gasteiger partial charge >= 0.3 is 5.97 Å². The number of carbonyl (C=O) groups is 2. The lowest BCUT2D eigenvalue weighted by atomic mass is 10.0. The van der Waals surface area contributed by atoms with Crippen LogP contribution in [0.1, 0.15) is 41.9 Å². The minimum atomic E-state index is -1.29. The molecule has 2 aromatic carbocycles. The van der Waals surface area contributed by atoms with Gasteiger partial charge in [-0.1, -0.05) is 24.9 Å². The minimum Gasteiger partial charge on any atom is -0.503 e. The molecule has 0 aliphatic rings. The second kappa shape index (κ2) is 7.83. The molecule has 0 aliphatic carbocycles. The molecule has 1 heterocycles. The van der Waals surface area contributed by atoms with Gasteiger partial charge in [0.15, 0.2) is 23.1 Å². The first-order chi connectivity index (χ1) is 13.7. The third-order valence-electron chi connectivity index (χ3n) is 4.58. The van der Waals surface area contributed by atoms with Gasteiger partial charge in [-0.15, -0.1) is 0 Å². The molecule has 0 saturated carbocycles. The fraction of sp³-hybridized carbons (Fsp3) is 0.238. The van der Waals surface area contributed by atoms with E-state index in [2.05, 4.69) is 0 Å². The summed E-state index contributed by atoms with van der Waals surface area (Å²) in [6.07, 6.45) is 0.604. The fourth-order valence-corrected chi connectivity index (χ4v) is 3.47. The highest BCUT2D eigenvalue weighted by Crippen LogP contribution is 2.42. The SMILES string of the molecule is CCCc1c(F)c(O)c(F)c2c(OC(C)=O)c(C)n(C(=O)c3ccc(Cl)cc3)c12. The average molecular weight is 422 g/mol. The van der Waals surface area contributed by atoms with Gasteiger partial charge in [-0.05, 0) is 37.6 Å². The van der Waals surface area contributed by atoms with E-state index in [1.807, 2.05) is 0 Å². The Kier molecular flexibility index (Phi) is 5.61. The lowest BCUT2D eigenvalue weighted by molar-refractivity contribution is -0.131. The molecule has 29 heavy (non-hydrogen) atoms. The molecule has 0 spiro atoms. The van der Waals surface area contributed by atoms with Gasteiger partial charge in [0.2, 0.25) is 0 Å². The Bertz CT molecular complexity index is 1140. The van der Waals surface area contributed by atoms with Crippen molar-refractivity contribution >= 4 is 34.4 Å². The number of benzene rings is 2. The molecule has 0 atom stereocenters. The summed E-state index contributed by atoms with van der Waals surface area (Å²) < 4.78 is 35.9. The van der Waals surface area contributed by atoms with Crippen molar-refractivity contribution < 1.29 is 28.2 Å². The van der Waals surface area contributed by atoms with Crippen LogP contribution in [0, 0.1) is 18.6 Å². The molecule has 5 nitrogen and oxygen atoms in total. The summed E-state index contributed by atoms with van der Waals surface area (Å²) in [5, 5.41) is 10.1. The van der Waals surface area contributed by atoms with E-state index in [9.17, 15) is 23.5 Å². The summed E-state index contributed by atoms with van der Waals surface area (Å²) in [5.74, 6) is -5.17. The number of hydrogen-bond acceptors (Lipinski definition) is 4. The van der Waals surface area contributed by atoms with Gasteiger partial charge in [-0.3, -0.25) is 14.2 Å². The first-order valence-corrected chi connectivity index (χ1v) is 9.29. The van der Waals surface area contributed by atoms with Crippen molar-refractivity contribution in [1.82, 2.24) is 4.57 Å². The van der Waals surface area contributed by atoms with E-state index < -0.39 is 29.3 Å². The van der Waals surface area contributed by atoms with Gasteiger partial charge in [-0.2, -0.15) is 0 Å². The number of aromatic hydroxyl groups is 1. The maximum Gasteiger partial charge on any atom is 0.308 e. The Balaban J connectivity index is 2.45. The van der Waals surface area contributed by atoms with E-state index in [4.69, 9.17) is 16.3 Å². The quantitative estimate of drug-likeness (QED) is 0.591. The van der Waals surface area contributed by atoms with Crippen LogP contribution >= 0.6 is 11.6 Å². The van der Waals surface area contributed by atoms with E-state index in [0.29, 0.717) is 11.4 Å². The molecule has 0 bridgehead atoms. The predicted molar refractivity (Wildman–Crippen MR) is 105 cm³/mol. The highest BCUT2D eigenvalue weighted by atomic mass is 35.5. The van der Waals surface area contributed by atoms with Crippen LogP contribution in [0.3, 0.4) is 0 Å². The lowest BCUT2D eigenvalue weighted by Gasteiger charge is -2.12. The number of nitrogens with zero attached hydrogens (tertiary/aromatic N) is 1. The third-order valence-corrected chi connectivity index (χ3v) is 4.83. The number of esters is 1. The van der Waals surface area contributed by atoms with E-state index in [-0.39, 0.29) is 39.9 Å². The molecule has 0 aliphatic heterocycles. The van der Waals surface area contributed by atoms with Gasteiger partial charge in [0.1, 0.15) is 0 Å². The molecule has 8 heteroatoms. The number of ether oxygens (including phenoxy) is 1. The van der Waals surface area contributed by atoms with E-state index in [0.717, 1.165) is 11.5 Å². The highest BCUT2D eigenvalue weighted by molar-refractivity contribution is 6.30. The zero-order valence-electron chi connectivity index (χ0n) is 16.0. The number of fused-ring (bicyclic) bond motifs is 1. The molecule has 152 valence electrons. The summed E-state index contributed by atoms with van der Waals surface area (Å²) in [4.78, 5) is 24.8. The number of phenols is 1. The van der Waals surface area contributed by atoms with Gasteiger partial charge in [-0.25, -0.2) is 8.78 Å². The Morgan fingerprint density at radius 2 is 1.79 bits per heavy atom. The summed E-state index contributed by atoms with van der Waals surface area (Å²) in [6.45, 7) is 4.36. The van der Waals surface area contributed by atoms with Crippen LogP contribution in [0.4, 0.5) is 8.78 Å². The summed E-state index contributed by atoms with van der Waals surface area (Å²) in [5.41, 5.74) is 0.218. The van der Waals surface area contributed by atoms with Crippen molar-refractivity contribution in [1.29, 1.82) is 0 Å². The Hall–Kier alpha value is -2.93. The smallest absolute Gasteiger partial charge is 0.308 e. The standard InChI is InChI=1S/C21H18ClF2NO4/c1-4-5-14-16(23)19(27)17(24)15-18(14)25(10(2)20(15)29-11(3)26)21(28)12-6-8-13(22)9-7-12/h6-9,27H,4-5H2,1-3H3. The second-order valence-electron chi connectivity index (χ2n) is 6.58. The molecule has 3 aromatic rings. The van der Waals surface area contributed by atoms with Crippen molar-refractivity contribution in [2.24, 2.45) is 0 Å². The Labute approximate surface area is 170 Å². The molecule has 0 saturated heterocycles. The van der Waals surface area contributed by atoms with Gasteiger partial charge < -0.3 is 9.84 Å². The predicted octanol–water partition coefficient (Wildman–Crippen LogP) is 5.15. The van der Waals surface area contributed by atoms with Crippen molar-refractivity contribution in [2.75, 3.05) is 0 Å². The Morgan fingerprint density at radius 3 is 2.34 bits per heavy atom. The number of phenolic OH excluding ortho intramolecular Hbond substituents is 1. The zero-order valence-corrected chi connectivity index (χ0v) is 16.7. The van der Waals surface area contributed by atoms with E-state index >= 15 is 0 Å². The third kappa shape index (κ3) is 3.46. The highest BCUT2D eigenvalue weighted by Gasteiger charge is 2.31. The van der Waals surface area contributed by atoms with Crippen molar-refractivity contribution in [2.45, 2.75) is 33.6 Å². The van der Waals surface area contributed by atoms with Crippen molar-refractivity contribution in [3.63, 3.8) is 0 Å². The minimum absolute atomic E-state index is 0.0368. The van der Waals surface area contributed by atoms with Crippen LogP contribution in [-0.4, -0.2) is 21.6 Å². The second-order valence-corrected chi connectivity index (χ2v) is 7.02. The molecular formula is C21H18ClF2NO4. The van der Waals surface area contributed by atoms with Gasteiger partial charge in [0, 0.05) is 23.1 Å². The molecule has 0 fully saturated rings. The number of rotatable bonds is 4. The largest absolute Gasteiger partial charge is 0.503 e. The number of aromatic nitrogens is 1. The van der Waals surface area contributed by atoms with E-state index in [1.165, 1.54) is 31.2 Å². The normalized spacial score (nSPS) is 11.1. The summed E-state index contributed by atoms with van der Waals surface area (Å²) >= 11 is 5.87. The number of aryl methyl sites for hydroxylation is 1. The monoisotopic (exact) mass is 421 g/mol. The summed E-state index contributed by atoms with van der Waals surface area (Å²) in [7, 11) is 0.